The van der Waals surface area contributed by atoms with Gasteiger partial charge in [-0.05, 0) is 55.8 Å². The number of aliphatic hydroxyl groups is 1. The molecule has 2 fully saturated rings. The van der Waals surface area contributed by atoms with Crippen LogP contribution in [0.15, 0.2) is 24.3 Å². The lowest BCUT2D eigenvalue weighted by atomic mass is 9.98. The van der Waals surface area contributed by atoms with E-state index in [1.807, 2.05) is 0 Å². The highest BCUT2D eigenvalue weighted by Crippen LogP contribution is 2.34. The van der Waals surface area contributed by atoms with Gasteiger partial charge in [0.25, 0.3) is 0 Å². The number of nitrogens with one attached hydrogen (secondary N) is 1. The number of β-amino-alcohol motifs (C(OH)–C–C–N with tert-alkyl or cyclic N) is 1. The average Bonchev–Trinajstić information content (AvgIpc) is 3.18. The molecular formula is C21H35N3O. The van der Waals surface area contributed by atoms with Gasteiger partial charge in [0.15, 0.2) is 0 Å². The van der Waals surface area contributed by atoms with Gasteiger partial charge in [0.05, 0.1) is 6.61 Å². The average molecular weight is 346 g/mol. The predicted molar refractivity (Wildman–Crippen MR) is 105 cm³/mol. The third-order valence-electron chi connectivity index (χ3n) is 5.85. The van der Waals surface area contributed by atoms with Crippen LogP contribution in [0.3, 0.4) is 0 Å². The molecule has 140 valence electrons. The van der Waals surface area contributed by atoms with E-state index in [1.54, 1.807) is 0 Å². The summed E-state index contributed by atoms with van der Waals surface area (Å²) >= 11 is 0. The maximum Gasteiger partial charge on any atom is 0.0558 e. The van der Waals surface area contributed by atoms with Crippen LogP contribution in [0.5, 0.6) is 0 Å². The summed E-state index contributed by atoms with van der Waals surface area (Å²) in [6, 6.07) is 9.16. The number of benzene rings is 1. The van der Waals surface area contributed by atoms with E-state index in [9.17, 15) is 0 Å². The molecule has 1 aromatic carbocycles. The number of aliphatic hydroxyl groups excluding tert-OH is 1. The van der Waals surface area contributed by atoms with Crippen molar-refractivity contribution in [2.75, 3.05) is 57.7 Å². The van der Waals surface area contributed by atoms with E-state index in [4.69, 9.17) is 5.11 Å². The summed E-state index contributed by atoms with van der Waals surface area (Å²) in [7, 11) is 0. The number of rotatable bonds is 9. The molecule has 1 saturated carbocycles. The molecule has 1 aliphatic heterocycles. The van der Waals surface area contributed by atoms with E-state index in [0.717, 1.165) is 45.2 Å². The van der Waals surface area contributed by atoms with Crippen molar-refractivity contribution in [3.63, 3.8) is 0 Å². The second-order valence-corrected chi connectivity index (χ2v) is 7.64. The molecule has 0 aromatic heterocycles. The van der Waals surface area contributed by atoms with Crippen LogP contribution < -0.4 is 5.32 Å². The van der Waals surface area contributed by atoms with Crippen molar-refractivity contribution in [1.29, 1.82) is 0 Å². The maximum atomic E-state index is 8.99. The number of unbranched alkanes of at least 4 members (excludes halogenated alkanes) is 1. The van der Waals surface area contributed by atoms with Crippen molar-refractivity contribution < 1.29 is 5.11 Å². The molecule has 0 spiro atoms. The first-order valence-electron chi connectivity index (χ1n) is 10.2. The molecule has 4 nitrogen and oxygen atoms in total. The monoisotopic (exact) mass is 345 g/mol. The fourth-order valence-corrected chi connectivity index (χ4v) is 4.20. The quantitative estimate of drug-likeness (QED) is 0.675. The lowest BCUT2D eigenvalue weighted by Crippen LogP contribution is -2.47. The minimum Gasteiger partial charge on any atom is -0.395 e. The predicted octanol–water partition coefficient (Wildman–Crippen LogP) is 3.15. The van der Waals surface area contributed by atoms with Crippen molar-refractivity contribution >= 4 is 5.69 Å². The van der Waals surface area contributed by atoms with E-state index in [1.165, 1.54) is 56.3 Å². The van der Waals surface area contributed by atoms with E-state index >= 15 is 0 Å². The van der Waals surface area contributed by atoms with Gasteiger partial charge in [-0.25, -0.2) is 0 Å². The molecule has 25 heavy (non-hydrogen) atoms. The Labute approximate surface area is 153 Å². The van der Waals surface area contributed by atoms with Crippen LogP contribution >= 0.6 is 0 Å². The molecule has 0 amide bonds. The lowest BCUT2D eigenvalue weighted by molar-refractivity contribution is 0.112. The summed E-state index contributed by atoms with van der Waals surface area (Å²) in [5.74, 6) is 0.812. The maximum absolute atomic E-state index is 8.99. The van der Waals surface area contributed by atoms with Crippen molar-refractivity contribution in [3.05, 3.63) is 29.8 Å². The Balaban J connectivity index is 1.26. The first-order chi connectivity index (χ1) is 12.3. The van der Waals surface area contributed by atoms with Gasteiger partial charge in [-0.15, -0.1) is 0 Å². The van der Waals surface area contributed by atoms with Gasteiger partial charge < -0.3 is 15.3 Å². The Morgan fingerprint density at radius 2 is 1.52 bits per heavy atom. The minimum atomic E-state index is 0.285. The van der Waals surface area contributed by atoms with Crippen LogP contribution in [0.2, 0.25) is 0 Å². The molecule has 0 radical (unpaired) electrons. The van der Waals surface area contributed by atoms with Crippen LogP contribution in [0, 0.1) is 0 Å². The smallest absolute Gasteiger partial charge is 0.0558 e. The second kappa shape index (κ2) is 10.1. The normalized spacial score (nSPS) is 20.2. The molecule has 0 unspecified atom stereocenters. The molecule has 1 aromatic rings. The topological polar surface area (TPSA) is 38.7 Å². The number of hydrogen-bond donors (Lipinski definition) is 2. The number of anilines is 1. The largest absolute Gasteiger partial charge is 0.395 e. The summed E-state index contributed by atoms with van der Waals surface area (Å²) in [6.07, 6.45) is 8.04. The fourth-order valence-electron chi connectivity index (χ4n) is 4.20. The minimum absolute atomic E-state index is 0.285. The first kappa shape index (κ1) is 18.7. The molecule has 1 aliphatic carbocycles. The summed E-state index contributed by atoms with van der Waals surface area (Å²) in [6.45, 7) is 7.89. The van der Waals surface area contributed by atoms with Gasteiger partial charge in [-0.2, -0.15) is 0 Å². The Morgan fingerprint density at radius 1 is 0.880 bits per heavy atom. The Morgan fingerprint density at radius 3 is 2.16 bits per heavy atom. The first-order valence-corrected chi connectivity index (χ1v) is 10.2. The highest BCUT2D eigenvalue weighted by molar-refractivity contribution is 5.45. The number of hydrogen-bond acceptors (Lipinski definition) is 4. The van der Waals surface area contributed by atoms with Gasteiger partial charge in [-0.3, -0.25) is 4.90 Å². The zero-order chi connectivity index (χ0) is 17.3. The van der Waals surface area contributed by atoms with Gasteiger partial charge in [-0.1, -0.05) is 25.0 Å². The molecule has 1 saturated heterocycles. The van der Waals surface area contributed by atoms with Crippen LogP contribution in [0.1, 0.15) is 50.0 Å². The standard InChI is InChI=1S/C21H35N3O/c25-18-17-24-15-13-23(14-16-24)12-4-3-11-22-21-9-7-20(8-10-21)19-5-1-2-6-19/h7-10,19,22,25H,1-6,11-18H2. The van der Waals surface area contributed by atoms with Gasteiger partial charge in [0.1, 0.15) is 0 Å². The highest BCUT2D eigenvalue weighted by atomic mass is 16.3. The molecule has 3 rings (SSSR count). The van der Waals surface area contributed by atoms with E-state index in [0.29, 0.717) is 0 Å². The Kier molecular flexibility index (Phi) is 7.58. The van der Waals surface area contributed by atoms with E-state index < -0.39 is 0 Å². The molecule has 2 aliphatic rings. The molecule has 0 bridgehead atoms. The number of nitrogens with zero attached hydrogens (tertiary/aromatic N) is 2. The van der Waals surface area contributed by atoms with Crippen LogP contribution in [0.4, 0.5) is 5.69 Å². The van der Waals surface area contributed by atoms with Crippen molar-refractivity contribution in [2.24, 2.45) is 0 Å². The van der Waals surface area contributed by atoms with Crippen molar-refractivity contribution in [1.82, 2.24) is 9.80 Å². The van der Waals surface area contributed by atoms with E-state index in [2.05, 4.69) is 39.4 Å². The lowest BCUT2D eigenvalue weighted by Gasteiger charge is -2.34. The van der Waals surface area contributed by atoms with Crippen molar-refractivity contribution in [2.45, 2.75) is 44.4 Å². The van der Waals surface area contributed by atoms with Gasteiger partial charge in [0, 0.05) is 45.0 Å². The third kappa shape index (κ3) is 5.98. The third-order valence-corrected chi connectivity index (χ3v) is 5.85. The second-order valence-electron chi connectivity index (χ2n) is 7.64. The SMILES string of the molecule is OCCN1CCN(CCCCNc2ccc(C3CCCC3)cc2)CC1. The van der Waals surface area contributed by atoms with E-state index in [-0.39, 0.29) is 6.61 Å². The molecule has 2 N–H and O–H groups in total. The zero-order valence-electron chi connectivity index (χ0n) is 15.6. The molecule has 4 heteroatoms. The van der Waals surface area contributed by atoms with Crippen LogP contribution in [-0.2, 0) is 0 Å². The summed E-state index contributed by atoms with van der Waals surface area (Å²) < 4.78 is 0. The molecule has 0 atom stereocenters. The van der Waals surface area contributed by atoms with Crippen LogP contribution in [0.25, 0.3) is 0 Å². The van der Waals surface area contributed by atoms with Crippen molar-refractivity contribution in [3.8, 4) is 0 Å². The van der Waals surface area contributed by atoms with Gasteiger partial charge >= 0.3 is 0 Å². The Hall–Kier alpha value is -1.10. The summed E-state index contributed by atoms with van der Waals surface area (Å²) in [5.41, 5.74) is 2.79. The Bertz CT molecular complexity index is 476. The summed E-state index contributed by atoms with van der Waals surface area (Å²) in [4.78, 5) is 4.91. The van der Waals surface area contributed by atoms with Gasteiger partial charge in [0.2, 0.25) is 0 Å². The zero-order valence-corrected chi connectivity index (χ0v) is 15.6. The molecular weight excluding hydrogens is 310 g/mol. The van der Waals surface area contributed by atoms with Crippen LogP contribution in [-0.4, -0.2) is 67.3 Å². The highest BCUT2D eigenvalue weighted by Gasteiger charge is 2.17. The fraction of sp³-hybridized carbons (Fsp3) is 0.714. The number of piperazine rings is 1. The summed E-state index contributed by atoms with van der Waals surface area (Å²) in [5, 5.41) is 12.6. The molecule has 1 heterocycles.